The molecular formula is C25H28N6O3. The van der Waals surface area contributed by atoms with E-state index in [2.05, 4.69) is 20.3 Å². The van der Waals surface area contributed by atoms with Crippen molar-refractivity contribution in [2.24, 2.45) is 13.0 Å². The summed E-state index contributed by atoms with van der Waals surface area (Å²) in [4.78, 5) is 39.7. The third-order valence-corrected chi connectivity index (χ3v) is 6.64. The monoisotopic (exact) mass is 460 g/mol. The molecule has 0 bridgehead atoms. The van der Waals surface area contributed by atoms with Gasteiger partial charge in [-0.15, -0.1) is 0 Å². The van der Waals surface area contributed by atoms with Crippen LogP contribution in [0.4, 0.5) is 5.82 Å². The van der Waals surface area contributed by atoms with Crippen molar-refractivity contribution in [3.63, 3.8) is 0 Å². The van der Waals surface area contributed by atoms with Crippen molar-refractivity contribution in [2.45, 2.75) is 19.3 Å². The number of hydrogen-bond acceptors (Lipinski definition) is 6. The summed E-state index contributed by atoms with van der Waals surface area (Å²) in [5.74, 6) is 1.25. The van der Waals surface area contributed by atoms with Crippen LogP contribution in [0.1, 0.15) is 18.4 Å². The second kappa shape index (κ2) is 9.17. The minimum Gasteiger partial charge on any atom is -0.497 e. The third kappa shape index (κ3) is 4.09. The van der Waals surface area contributed by atoms with Gasteiger partial charge in [0.25, 0.3) is 5.56 Å². The highest BCUT2D eigenvalue weighted by atomic mass is 16.5. The molecule has 0 unspecified atom stereocenters. The van der Waals surface area contributed by atoms with Crippen LogP contribution < -0.4 is 20.5 Å². The molecule has 1 amide bonds. The van der Waals surface area contributed by atoms with E-state index in [4.69, 9.17) is 4.74 Å². The van der Waals surface area contributed by atoms with Crippen LogP contribution in [0.3, 0.4) is 0 Å². The predicted octanol–water partition coefficient (Wildman–Crippen LogP) is 2.39. The molecule has 1 saturated heterocycles. The number of anilines is 1. The zero-order valence-electron chi connectivity index (χ0n) is 19.4. The van der Waals surface area contributed by atoms with Gasteiger partial charge in [0, 0.05) is 55.9 Å². The third-order valence-electron chi connectivity index (χ3n) is 6.64. The van der Waals surface area contributed by atoms with E-state index in [0.717, 1.165) is 28.6 Å². The second-order valence-corrected chi connectivity index (χ2v) is 8.67. The standard InChI is InChI=1S/C25H28N6O3/c1-30-22-21(4-3-10-26-22)29-23(25(30)33)31-12-8-16(9-13-31)24(32)27-11-7-17-15-28-20-6-5-18(34-2)14-19(17)20/h3-6,10,14-16,28H,7-9,11-13H2,1-2H3,(H,27,32). The number of aromatic amines is 1. The SMILES string of the molecule is COc1ccc2[nH]cc(CCNC(=O)C3CCN(c4nc5cccnc5n(C)c4=O)CC3)c2c1. The number of benzene rings is 1. The Bertz CT molecular complexity index is 1400. The first-order chi connectivity index (χ1) is 16.5. The number of H-pyrrole nitrogens is 1. The van der Waals surface area contributed by atoms with Crippen LogP contribution in [0, 0.1) is 5.92 Å². The molecule has 0 aliphatic carbocycles. The van der Waals surface area contributed by atoms with E-state index < -0.39 is 0 Å². The van der Waals surface area contributed by atoms with Crippen molar-refractivity contribution >= 4 is 33.8 Å². The molecule has 5 rings (SSSR count). The largest absolute Gasteiger partial charge is 0.497 e. The zero-order chi connectivity index (χ0) is 23.7. The molecule has 2 N–H and O–H groups in total. The van der Waals surface area contributed by atoms with Crippen molar-refractivity contribution in [1.29, 1.82) is 0 Å². The van der Waals surface area contributed by atoms with Crippen LogP contribution in [-0.2, 0) is 18.3 Å². The van der Waals surface area contributed by atoms with Gasteiger partial charge in [0.15, 0.2) is 11.5 Å². The van der Waals surface area contributed by atoms with Crippen LogP contribution in [0.2, 0.25) is 0 Å². The number of methoxy groups -OCH3 is 1. The minimum absolute atomic E-state index is 0.0645. The molecule has 9 nitrogen and oxygen atoms in total. The lowest BCUT2D eigenvalue weighted by Gasteiger charge is -2.31. The van der Waals surface area contributed by atoms with Crippen LogP contribution in [-0.4, -0.2) is 52.2 Å². The van der Waals surface area contributed by atoms with E-state index in [9.17, 15) is 9.59 Å². The highest BCUT2D eigenvalue weighted by molar-refractivity contribution is 5.85. The number of pyridine rings is 1. The highest BCUT2D eigenvalue weighted by Crippen LogP contribution is 2.24. The van der Waals surface area contributed by atoms with E-state index >= 15 is 0 Å². The van der Waals surface area contributed by atoms with Crippen molar-refractivity contribution in [1.82, 2.24) is 24.8 Å². The van der Waals surface area contributed by atoms with Crippen molar-refractivity contribution in [3.8, 4) is 5.75 Å². The molecule has 0 spiro atoms. The first kappa shape index (κ1) is 21.9. The summed E-state index contributed by atoms with van der Waals surface area (Å²) in [7, 11) is 3.37. The Morgan fingerprint density at radius 1 is 1.26 bits per heavy atom. The lowest BCUT2D eigenvalue weighted by molar-refractivity contribution is -0.125. The summed E-state index contributed by atoms with van der Waals surface area (Å²) in [6, 6.07) is 9.61. The van der Waals surface area contributed by atoms with Gasteiger partial charge in [-0.3, -0.25) is 14.2 Å². The molecule has 4 aromatic rings. The average molecular weight is 461 g/mol. The molecule has 34 heavy (non-hydrogen) atoms. The number of fused-ring (bicyclic) bond motifs is 2. The molecule has 0 saturated carbocycles. The van der Waals surface area contributed by atoms with Gasteiger partial charge < -0.3 is 19.9 Å². The van der Waals surface area contributed by atoms with Crippen molar-refractivity contribution in [2.75, 3.05) is 31.6 Å². The summed E-state index contributed by atoms with van der Waals surface area (Å²) >= 11 is 0. The number of ether oxygens (including phenoxy) is 1. The van der Waals surface area contributed by atoms with Gasteiger partial charge >= 0.3 is 0 Å². The molecule has 1 aliphatic rings. The average Bonchev–Trinajstić information content (AvgIpc) is 3.28. The Hall–Kier alpha value is -3.88. The molecular weight excluding hydrogens is 432 g/mol. The Labute approximate surface area is 196 Å². The Balaban J connectivity index is 1.18. The number of nitrogens with one attached hydrogen (secondary N) is 2. The number of carbonyl (C=O) groups is 1. The van der Waals surface area contributed by atoms with E-state index in [0.29, 0.717) is 49.5 Å². The topological polar surface area (TPSA) is 105 Å². The van der Waals surface area contributed by atoms with Crippen LogP contribution in [0.25, 0.3) is 22.1 Å². The number of hydrogen-bond donors (Lipinski definition) is 2. The number of carbonyl (C=O) groups excluding carboxylic acids is 1. The van der Waals surface area contributed by atoms with Gasteiger partial charge in [0.2, 0.25) is 5.91 Å². The van der Waals surface area contributed by atoms with Crippen LogP contribution in [0.15, 0.2) is 47.5 Å². The van der Waals surface area contributed by atoms with Gasteiger partial charge in [-0.1, -0.05) is 0 Å². The van der Waals surface area contributed by atoms with E-state index in [1.54, 1.807) is 20.4 Å². The lowest BCUT2D eigenvalue weighted by atomic mass is 9.96. The molecule has 4 heterocycles. The maximum absolute atomic E-state index is 12.8. The molecule has 3 aromatic heterocycles. The number of rotatable bonds is 6. The molecule has 1 fully saturated rings. The molecule has 176 valence electrons. The van der Waals surface area contributed by atoms with Crippen molar-refractivity contribution in [3.05, 3.63) is 58.6 Å². The molecule has 9 heteroatoms. The fourth-order valence-electron chi connectivity index (χ4n) is 4.66. The van der Waals surface area contributed by atoms with Gasteiger partial charge in [0.05, 0.1) is 7.11 Å². The first-order valence-corrected chi connectivity index (χ1v) is 11.5. The fraction of sp³-hybridized carbons (Fsp3) is 0.360. The van der Waals surface area contributed by atoms with E-state index in [1.165, 1.54) is 4.57 Å². The Kier molecular flexibility index (Phi) is 5.91. The highest BCUT2D eigenvalue weighted by Gasteiger charge is 2.27. The first-order valence-electron chi connectivity index (χ1n) is 11.5. The number of nitrogens with zero attached hydrogens (tertiary/aromatic N) is 4. The zero-order valence-corrected chi connectivity index (χ0v) is 19.4. The van der Waals surface area contributed by atoms with Gasteiger partial charge in [-0.25, -0.2) is 9.97 Å². The summed E-state index contributed by atoms with van der Waals surface area (Å²) in [6.07, 6.45) is 5.75. The quantitative estimate of drug-likeness (QED) is 0.458. The Morgan fingerprint density at radius 3 is 2.88 bits per heavy atom. The van der Waals surface area contributed by atoms with Crippen molar-refractivity contribution < 1.29 is 9.53 Å². The van der Waals surface area contributed by atoms with Gasteiger partial charge in [0.1, 0.15) is 11.3 Å². The number of aryl methyl sites for hydroxylation is 1. The summed E-state index contributed by atoms with van der Waals surface area (Å²) < 4.78 is 6.87. The summed E-state index contributed by atoms with van der Waals surface area (Å²) in [5.41, 5.74) is 3.30. The maximum Gasteiger partial charge on any atom is 0.294 e. The maximum atomic E-state index is 12.8. The van der Waals surface area contributed by atoms with E-state index in [1.807, 2.05) is 41.4 Å². The molecule has 1 aliphatic heterocycles. The summed E-state index contributed by atoms with van der Waals surface area (Å²) in [5, 5.41) is 4.20. The summed E-state index contributed by atoms with van der Waals surface area (Å²) in [6.45, 7) is 1.81. The Morgan fingerprint density at radius 2 is 2.09 bits per heavy atom. The molecule has 0 atom stereocenters. The van der Waals surface area contributed by atoms with Crippen LogP contribution in [0.5, 0.6) is 5.75 Å². The normalized spacial score (nSPS) is 14.6. The number of aromatic nitrogens is 4. The number of piperidine rings is 1. The van der Waals surface area contributed by atoms with Gasteiger partial charge in [-0.2, -0.15) is 0 Å². The smallest absolute Gasteiger partial charge is 0.294 e. The van der Waals surface area contributed by atoms with E-state index in [-0.39, 0.29) is 17.4 Å². The lowest BCUT2D eigenvalue weighted by Crippen LogP contribution is -2.43. The van der Waals surface area contributed by atoms with Gasteiger partial charge in [-0.05, 0) is 55.2 Å². The molecule has 0 radical (unpaired) electrons. The minimum atomic E-state index is -0.163. The second-order valence-electron chi connectivity index (χ2n) is 8.67. The van der Waals surface area contributed by atoms with Crippen LogP contribution >= 0.6 is 0 Å². The molecule has 1 aromatic carbocycles. The fourth-order valence-corrected chi connectivity index (χ4v) is 4.66. The number of amides is 1. The predicted molar refractivity (Wildman–Crippen MR) is 131 cm³/mol.